The van der Waals surface area contributed by atoms with Gasteiger partial charge in [0.1, 0.15) is 0 Å². The lowest BCUT2D eigenvalue weighted by Gasteiger charge is -2.23. The Hall–Kier alpha value is 0.270. The monoisotopic (exact) mass is 187 g/mol. The molecule has 2 aliphatic heterocycles. The van der Waals surface area contributed by atoms with E-state index in [4.69, 9.17) is 0 Å². The fourth-order valence-electron chi connectivity index (χ4n) is 2.15. The van der Waals surface area contributed by atoms with Crippen molar-refractivity contribution in [1.29, 1.82) is 0 Å². The van der Waals surface area contributed by atoms with E-state index in [0.29, 0.717) is 12.0 Å². The summed E-state index contributed by atoms with van der Waals surface area (Å²) in [5, 5.41) is 13.3. The Morgan fingerprint density at radius 2 is 2.33 bits per heavy atom. The first-order valence-corrected chi connectivity index (χ1v) is 6.02. The molecule has 70 valence electrons. The van der Waals surface area contributed by atoms with E-state index < -0.39 is 0 Å². The van der Waals surface area contributed by atoms with Crippen molar-refractivity contribution in [3.63, 3.8) is 0 Å². The average Bonchev–Trinajstić information content (AvgIpc) is 2.77. The van der Waals surface area contributed by atoms with Gasteiger partial charge in [0.05, 0.1) is 6.10 Å². The van der Waals surface area contributed by atoms with Crippen molar-refractivity contribution in [2.24, 2.45) is 5.92 Å². The molecule has 0 radical (unpaired) electrons. The molecule has 2 rings (SSSR count). The molecule has 0 saturated carbocycles. The van der Waals surface area contributed by atoms with Crippen molar-refractivity contribution in [1.82, 2.24) is 5.32 Å². The molecule has 0 aromatic rings. The molecule has 0 aromatic carbocycles. The molecule has 0 aliphatic carbocycles. The van der Waals surface area contributed by atoms with Crippen molar-refractivity contribution in [2.75, 3.05) is 18.1 Å². The molecule has 0 amide bonds. The van der Waals surface area contributed by atoms with Gasteiger partial charge in [-0.3, -0.25) is 0 Å². The van der Waals surface area contributed by atoms with Gasteiger partial charge in [-0.1, -0.05) is 0 Å². The fraction of sp³-hybridized carbons (Fsp3) is 1.00. The van der Waals surface area contributed by atoms with Crippen LogP contribution in [-0.2, 0) is 0 Å². The SMILES string of the molecule is OC(C1CCSC1)C1CCCN1. The van der Waals surface area contributed by atoms with Crippen LogP contribution in [0.5, 0.6) is 0 Å². The topological polar surface area (TPSA) is 32.3 Å². The Morgan fingerprint density at radius 1 is 1.42 bits per heavy atom. The Morgan fingerprint density at radius 3 is 2.92 bits per heavy atom. The largest absolute Gasteiger partial charge is 0.391 e. The molecule has 3 atom stereocenters. The van der Waals surface area contributed by atoms with Gasteiger partial charge >= 0.3 is 0 Å². The van der Waals surface area contributed by atoms with E-state index in [1.54, 1.807) is 0 Å². The molecule has 0 aromatic heterocycles. The molecular formula is C9H17NOS. The van der Waals surface area contributed by atoms with Crippen LogP contribution in [0.25, 0.3) is 0 Å². The van der Waals surface area contributed by atoms with Crippen LogP contribution in [0.4, 0.5) is 0 Å². The summed E-state index contributed by atoms with van der Waals surface area (Å²) < 4.78 is 0. The van der Waals surface area contributed by atoms with E-state index in [0.717, 1.165) is 6.54 Å². The number of aliphatic hydroxyl groups excluding tert-OH is 1. The van der Waals surface area contributed by atoms with Gasteiger partial charge in [-0.25, -0.2) is 0 Å². The van der Waals surface area contributed by atoms with Gasteiger partial charge < -0.3 is 10.4 Å². The van der Waals surface area contributed by atoms with Crippen LogP contribution in [0.15, 0.2) is 0 Å². The van der Waals surface area contributed by atoms with Gasteiger partial charge in [0.2, 0.25) is 0 Å². The zero-order chi connectivity index (χ0) is 8.39. The molecular weight excluding hydrogens is 170 g/mol. The average molecular weight is 187 g/mol. The van der Waals surface area contributed by atoms with E-state index in [1.807, 2.05) is 11.8 Å². The zero-order valence-electron chi connectivity index (χ0n) is 7.33. The molecule has 3 heteroatoms. The van der Waals surface area contributed by atoms with Crippen LogP contribution in [0.1, 0.15) is 19.3 Å². The Bertz CT molecular complexity index is 125. The normalized spacial score (nSPS) is 38.8. The number of rotatable bonds is 2. The zero-order valence-corrected chi connectivity index (χ0v) is 8.15. The van der Waals surface area contributed by atoms with Crippen molar-refractivity contribution in [3.8, 4) is 0 Å². The van der Waals surface area contributed by atoms with Crippen LogP contribution in [0.2, 0.25) is 0 Å². The maximum Gasteiger partial charge on any atom is 0.0729 e. The Kier molecular flexibility index (Phi) is 2.94. The second-order valence-corrected chi connectivity index (χ2v) is 4.97. The van der Waals surface area contributed by atoms with Crippen LogP contribution < -0.4 is 5.32 Å². The summed E-state index contributed by atoms with van der Waals surface area (Å²) in [5.74, 6) is 2.97. The van der Waals surface area contributed by atoms with Crippen molar-refractivity contribution < 1.29 is 5.11 Å². The maximum atomic E-state index is 9.97. The molecule has 2 fully saturated rings. The highest BCUT2D eigenvalue weighted by Gasteiger charge is 2.31. The van der Waals surface area contributed by atoms with Crippen LogP contribution >= 0.6 is 11.8 Å². The van der Waals surface area contributed by atoms with E-state index >= 15 is 0 Å². The highest BCUT2D eigenvalue weighted by molar-refractivity contribution is 7.99. The Labute approximate surface area is 78.1 Å². The first-order chi connectivity index (χ1) is 5.88. The highest BCUT2D eigenvalue weighted by atomic mass is 32.2. The van der Waals surface area contributed by atoms with Gasteiger partial charge in [-0.05, 0) is 43.2 Å². The van der Waals surface area contributed by atoms with Crippen molar-refractivity contribution >= 4 is 11.8 Å². The lowest BCUT2D eigenvalue weighted by atomic mass is 9.95. The Balaban J connectivity index is 1.84. The van der Waals surface area contributed by atoms with E-state index in [9.17, 15) is 5.11 Å². The molecule has 0 spiro atoms. The second kappa shape index (κ2) is 3.99. The van der Waals surface area contributed by atoms with Crippen LogP contribution in [-0.4, -0.2) is 35.3 Å². The minimum Gasteiger partial charge on any atom is -0.391 e. The van der Waals surface area contributed by atoms with Crippen molar-refractivity contribution in [3.05, 3.63) is 0 Å². The molecule has 3 unspecified atom stereocenters. The summed E-state index contributed by atoms with van der Waals surface area (Å²) >= 11 is 1.98. The number of nitrogens with one attached hydrogen (secondary N) is 1. The standard InChI is InChI=1S/C9H17NOS/c11-9(7-3-5-12-6-7)8-2-1-4-10-8/h7-11H,1-6H2. The number of hydrogen-bond donors (Lipinski definition) is 2. The van der Waals surface area contributed by atoms with Gasteiger partial charge in [0.15, 0.2) is 0 Å². The van der Waals surface area contributed by atoms with E-state index in [2.05, 4.69) is 5.32 Å². The minimum absolute atomic E-state index is 0.0810. The van der Waals surface area contributed by atoms with Crippen LogP contribution in [0, 0.1) is 5.92 Å². The lowest BCUT2D eigenvalue weighted by molar-refractivity contribution is 0.0859. The summed E-state index contributed by atoms with van der Waals surface area (Å²) in [7, 11) is 0. The highest BCUT2D eigenvalue weighted by Crippen LogP contribution is 2.29. The smallest absolute Gasteiger partial charge is 0.0729 e. The predicted octanol–water partition coefficient (Wildman–Crippen LogP) is 0.852. The van der Waals surface area contributed by atoms with Gasteiger partial charge in [0, 0.05) is 6.04 Å². The molecule has 2 N–H and O–H groups in total. The number of hydrogen-bond acceptors (Lipinski definition) is 3. The molecule has 2 nitrogen and oxygen atoms in total. The summed E-state index contributed by atoms with van der Waals surface area (Å²) in [6.45, 7) is 1.10. The molecule has 2 saturated heterocycles. The first-order valence-electron chi connectivity index (χ1n) is 4.87. The molecule has 2 aliphatic rings. The quantitative estimate of drug-likeness (QED) is 0.672. The van der Waals surface area contributed by atoms with Crippen molar-refractivity contribution in [2.45, 2.75) is 31.4 Å². The summed E-state index contributed by atoms with van der Waals surface area (Å²) in [4.78, 5) is 0. The maximum absolute atomic E-state index is 9.97. The van der Waals surface area contributed by atoms with Crippen LogP contribution in [0.3, 0.4) is 0 Å². The van der Waals surface area contributed by atoms with E-state index in [1.165, 1.54) is 30.8 Å². The number of thioether (sulfide) groups is 1. The van der Waals surface area contributed by atoms with Gasteiger partial charge in [-0.15, -0.1) is 0 Å². The number of aliphatic hydroxyl groups is 1. The third-order valence-corrected chi connectivity index (χ3v) is 4.15. The predicted molar refractivity (Wildman–Crippen MR) is 52.5 cm³/mol. The lowest BCUT2D eigenvalue weighted by Crippen LogP contribution is -2.39. The molecule has 0 bridgehead atoms. The third kappa shape index (κ3) is 1.78. The first kappa shape index (κ1) is 8.85. The third-order valence-electron chi connectivity index (χ3n) is 2.96. The summed E-state index contributed by atoms with van der Waals surface area (Å²) in [6, 6.07) is 0.397. The molecule has 12 heavy (non-hydrogen) atoms. The van der Waals surface area contributed by atoms with Gasteiger partial charge in [0.25, 0.3) is 0 Å². The van der Waals surface area contributed by atoms with Gasteiger partial charge in [-0.2, -0.15) is 11.8 Å². The second-order valence-electron chi connectivity index (χ2n) is 3.82. The summed E-state index contributed by atoms with van der Waals surface area (Å²) in [5.41, 5.74) is 0. The summed E-state index contributed by atoms with van der Waals surface area (Å²) in [6.07, 6.45) is 3.54. The van der Waals surface area contributed by atoms with E-state index in [-0.39, 0.29) is 6.10 Å². The minimum atomic E-state index is -0.0810. The molecule has 2 heterocycles. The fourth-order valence-corrected chi connectivity index (χ4v) is 3.46.